The minimum atomic E-state index is -4.12. The molecule has 0 atom stereocenters. The molecule has 0 saturated carbocycles. The minimum Gasteiger partial charge on any atom is -0.343 e. The van der Waals surface area contributed by atoms with E-state index in [1.165, 1.54) is 12.1 Å². The molecule has 10 heteroatoms. The van der Waals surface area contributed by atoms with Gasteiger partial charge in [0.15, 0.2) is 0 Å². The average molecular weight is 500 g/mol. The first-order valence-electron chi connectivity index (χ1n) is 10.7. The summed E-state index contributed by atoms with van der Waals surface area (Å²) < 4.78 is 27.1. The number of hydrogen-bond acceptors (Lipinski definition) is 5. The number of nitrogens with one attached hydrogen (secondary N) is 2. The van der Waals surface area contributed by atoms with Gasteiger partial charge in [0.05, 0.1) is 11.4 Å². The van der Waals surface area contributed by atoms with Gasteiger partial charge in [0.25, 0.3) is 21.8 Å². The molecule has 8 nitrogen and oxygen atoms in total. The van der Waals surface area contributed by atoms with E-state index in [0.717, 1.165) is 18.2 Å². The number of anilines is 1. The summed E-state index contributed by atoms with van der Waals surface area (Å²) >= 11 is 5.95. The highest BCUT2D eigenvalue weighted by atomic mass is 35.5. The number of carbonyl (C=O) groups excluding carboxylic acids is 3. The van der Waals surface area contributed by atoms with Gasteiger partial charge in [0.1, 0.15) is 0 Å². The van der Waals surface area contributed by atoms with E-state index in [4.69, 9.17) is 11.6 Å². The minimum absolute atomic E-state index is 0.0524. The first-order chi connectivity index (χ1) is 16.2. The molecule has 4 rings (SSSR count). The lowest BCUT2D eigenvalue weighted by Crippen LogP contribution is -2.39. The molecule has 1 heterocycles. The van der Waals surface area contributed by atoms with Gasteiger partial charge in [-0.05, 0) is 72.1 Å². The zero-order valence-corrected chi connectivity index (χ0v) is 19.7. The third-order valence-corrected chi connectivity index (χ3v) is 7.11. The quantitative estimate of drug-likeness (QED) is 0.540. The topological polar surface area (TPSA) is 113 Å². The van der Waals surface area contributed by atoms with Gasteiger partial charge in [0, 0.05) is 29.2 Å². The number of piperidine rings is 1. The molecule has 1 aliphatic heterocycles. The van der Waals surface area contributed by atoms with Crippen molar-refractivity contribution in [2.24, 2.45) is 0 Å². The second kappa shape index (κ2) is 9.82. The number of nitrogens with zero attached hydrogens (tertiary/aromatic N) is 1. The lowest BCUT2D eigenvalue weighted by molar-refractivity contribution is -0.120. The van der Waals surface area contributed by atoms with E-state index in [0.29, 0.717) is 29.1 Å². The van der Waals surface area contributed by atoms with E-state index in [2.05, 4.69) is 5.32 Å². The van der Waals surface area contributed by atoms with E-state index in [-0.39, 0.29) is 16.4 Å². The third kappa shape index (κ3) is 5.37. The van der Waals surface area contributed by atoms with Crippen LogP contribution >= 0.6 is 11.6 Å². The SMILES string of the molecule is O=C(CNC(=O)c1ccc(N2CCCCC2=O)cc1)NS(=O)(=O)c1ccc2cc(Cl)ccc2c1. The highest BCUT2D eigenvalue weighted by Gasteiger charge is 2.21. The van der Waals surface area contributed by atoms with Crippen LogP contribution in [0.4, 0.5) is 5.69 Å². The maximum Gasteiger partial charge on any atom is 0.264 e. The van der Waals surface area contributed by atoms with Gasteiger partial charge in [-0.15, -0.1) is 0 Å². The number of carbonyl (C=O) groups is 3. The summed E-state index contributed by atoms with van der Waals surface area (Å²) in [6.07, 6.45) is 2.32. The molecule has 176 valence electrons. The summed E-state index contributed by atoms with van der Waals surface area (Å²) in [5.41, 5.74) is 1.000. The fourth-order valence-corrected chi connectivity index (χ4v) is 4.94. The Balaban J connectivity index is 1.35. The molecule has 1 saturated heterocycles. The predicted molar refractivity (Wildman–Crippen MR) is 129 cm³/mol. The summed E-state index contributed by atoms with van der Waals surface area (Å²) in [4.78, 5) is 38.2. The Morgan fingerprint density at radius 3 is 2.38 bits per heavy atom. The van der Waals surface area contributed by atoms with Crippen LogP contribution < -0.4 is 14.9 Å². The summed E-state index contributed by atoms with van der Waals surface area (Å²) in [6, 6.07) is 15.9. The summed E-state index contributed by atoms with van der Waals surface area (Å²) in [5, 5.41) is 4.36. The highest BCUT2D eigenvalue weighted by Crippen LogP contribution is 2.23. The van der Waals surface area contributed by atoms with E-state index < -0.39 is 28.4 Å². The van der Waals surface area contributed by atoms with Gasteiger partial charge >= 0.3 is 0 Å². The standard InChI is InChI=1S/C24H22ClN3O5S/c25-19-8-4-18-14-21(11-7-17(18)13-19)34(32,33)27-22(29)15-26-24(31)16-5-9-20(10-6-16)28-12-2-1-3-23(28)30/h4-11,13-14H,1-3,12,15H2,(H,26,31)(H,27,29). The van der Waals surface area contributed by atoms with Gasteiger partial charge in [-0.25, -0.2) is 13.1 Å². The van der Waals surface area contributed by atoms with Crippen LogP contribution in [-0.4, -0.2) is 39.2 Å². The molecule has 3 amide bonds. The molecule has 2 N–H and O–H groups in total. The van der Waals surface area contributed by atoms with Gasteiger partial charge < -0.3 is 10.2 Å². The summed E-state index contributed by atoms with van der Waals surface area (Å²) in [7, 11) is -4.12. The van der Waals surface area contributed by atoms with Gasteiger partial charge in [-0.1, -0.05) is 23.7 Å². The van der Waals surface area contributed by atoms with Crippen LogP contribution in [0.3, 0.4) is 0 Å². The van der Waals surface area contributed by atoms with E-state index in [9.17, 15) is 22.8 Å². The molecule has 0 unspecified atom stereocenters. The van der Waals surface area contributed by atoms with Crippen LogP contribution in [-0.2, 0) is 19.6 Å². The van der Waals surface area contributed by atoms with Gasteiger partial charge in [-0.3, -0.25) is 14.4 Å². The monoisotopic (exact) mass is 499 g/mol. The van der Waals surface area contributed by atoms with Crippen LogP contribution in [0.15, 0.2) is 65.6 Å². The first-order valence-corrected chi connectivity index (χ1v) is 12.5. The Bertz CT molecular complexity index is 1370. The molecule has 3 aromatic carbocycles. The zero-order valence-electron chi connectivity index (χ0n) is 18.1. The second-order valence-corrected chi connectivity index (χ2v) is 10.0. The average Bonchev–Trinajstić information content (AvgIpc) is 2.82. The molecule has 0 bridgehead atoms. The fourth-order valence-electron chi connectivity index (χ4n) is 3.74. The Morgan fingerprint density at radius 2 is 1.65 bits per heavy atom. The van der Waals surface area contributed by atoms with Crippen LogP contribution in [0.2, 0.25) is 5.02 Å². The molecule has 0 spiro atoms. The molecule has 0 radical (unpaired) electrons. The summed E-state index contributed by atoms with van der Waals surface area (Å²) in [5.74, 6) is -1.36. The van der Waals surface area contributed by atoms with E-state index in [1.807, 2.05) is 4.72 Å². The van der Waals surface area contributed by atoms with Crippen molar-refractivity contribution in [2.75, 3.05) is 18.0 Å². The number of sulfonamides is 1. The Labute approximate surface area is 201 Å². The predicted octanol–water partition coefficient (Wildman–Crippen LogP) is 3.25. The number of hydrogen-bond donors (Lipinski definition) is 2. The molecular formula is C24H22ClN3O5S. The first kappa shape index (κ1) is 23.7. The molecule has 34 heavy (non-hydrogen) atoms. The van der Waals surface area contributed by atoms with Crippen molar-refractivity contribution in [3.63, 3.8) is 0 Å². The normalized spacial score (nSPS) is 14.1. The molecule has 1 aliphatic rings. The van der Waals surface area contributed by atoms with E-state index in [1.54, 1.807) is 53.4 Å². The van der Waals surface area contributed by atoms with Crippen molar-refractivity contribution >= 4 is 55.8 Å². The van der Waals surface area contributed by atoms with Crippen LogP contribution in [0.5, 0.6) is 0 Å². The van der Waals surface area contributed by atoms with Crippen molar-refractivity contribution in [1.29, 1.82) is 0 Å². The van der Waals surface area contributed by atoms with Crippen LogP contribution in [0.1, 0.15) is 29.6 Å². The maximum atomic E-state index is 12.6. The van der Waals surface area contributed by atoms with Crippen molar-refractivity contribution < 1.29 is 22.8 Å². The number of fused-ring (bicyclic) bond motifs is 1. The van der Waals surface area contributed by atoms with E-state index >= 15 is 0 Å². The van der Waals surface area contributed by atoms with Gasteiger partial charge in [0.2, 0.25) is 5.91 Å². The van der Waals surface area contributed by atoms with Crippen molar-refractivity contribution in [3.05, 3.63) is 71.2 Å². The third-order valence-electron chi connectivity index (χ3n) is 5.51. The summed E-state index contributed by atoms with van der Waals surface area (Å²) in [6.45, 7) is 0.123. The molecule has 3 aromatic rings. The number of rotatable bonds is 6. The second-order valence-electron chi connectivity index (χ2n) is 7.91. The Kier molecular flexibility index (Phi) is 6.85. The van der Waals surface area contributed by atoms with Crippen LogP contribution in [0, 0.1) is 0 Å². The number of halogens is 1. The van der Waals surface area contributed by atoms with Crippen molar-refractivity contribution in [1.82, 2.24) is 10.0 Å². The van der Waals surface area contributed by atoms with Crippen molar-refractivity contribution in [3.8, 4) is 0 Å². The molecule has 0 aliphatic carbocycles. The fraction of sp³-hybridized carbons (Fsp3) is 0.208. The number of amides is 3. The molecular weight excluding hydrogens is 478 g/mol. The zero-order chi connectivity index (χ0) is 24.3. The Hall–Kier alpha value is -3.43. The van der Waals surface area contributed by atoms with Crippen LogP contribution in [0.25, 0.3) is 10.8 Å². The lowest BCUT2D eigenvalue weighted by Gasteiger charge is -2.26. The highest BCUT2D eigenvalue weighted by molar-refractivity contribution is 7.90. The van der Waals surface area contributed by atoms with Crippen molar-refractivity contribution in [2.45, 2.75) is 24.2 Å². The van der Waals surface area contributed by atoms with Gasteiger partial charge in [-0.2, -0.15) is 0 Å². The molecule has 0 aromatic heterocycles. The molecule has 1 fully saturated rings. The smallest absolute Gasteiger partial charge is 0.264 e. The number of benzene rings is 3. The largest absolute Gasteiger partial charge is 0.343 e. The maximum absolute atomic E-state index is 12.6. The lowest BCUT2D eigenvalue weighted by atomic mass is 10.1. The Morgan fingerprint density at radius 1 is 0.941 bits per heavy atom.